The van der Waals surface area contributed by atoms with E-state index < -0.39 is 0 Å². The maximum atomic E-state index is 13.2. The Morgan fingerprint density at radius 3 is 1.86 bits per heavy atom. The average molecular weight is 560 g/mol. The molecule has 0 atom stereocenters. The fourth-order valence-electron chi connectivity index (χ4n) is 4.55. The number of anilines is 1. The minimum atomic E-state index is -0.385. The van der Waals surface area contributed by atoms with Crippen molar-refractivity contribution in [3.8, 4) is 18.2 Å². The van der Waals surface area contributed by atoms with Crippen molar-refractivity contribution in [3.63, 3.8) is 0 Å². The van der Waals surface area contributed by atoms with E-state index in [-0.39, 0.29) is 28.3 Å². The van der Waals surface area contributed by atoms with E-state index in [0.717, 1.165) is 30.8 Å². The van der Waals surface area contributed by atoms with Gasteiger partial charge < -0.3 is 9.80 Å². The smallest absolute Gasteiger partial charge is 0.259 e. The minimum absolute atomic E-state index is 0.0424. The van der Waals surface area contributed by atoms with Crippen molar-refractivity contribution in [1.29, 1.82) is 15.8 Å². The fraction of sp³-hybridized carbons (Fsp3) is 0.353. The molecule has 1 aliphatic heterocycles. The van der Waals surface area contributed by atoms with Crippen molar-refractivity contribution in [2.24, 2.45) is 10.2 Å². The lowest BCUT2D eigenvalue weighted by Crippen LogP contribution is -2.27. The Labute approximate surface area is 249 Å². The first-order valence-electron chi connectivity index (χ1n) is 14.6. The zero-order valence-corrected chi connectivity index (χ0v) is 24.7. The van der Waals surface area contributed by atoms with E-state index in [9.17, 15) is 20.6 Å². The molecule has 0 spiro atoms. The molecule has 2 aromatic rings. The number of azo groups is 1. The number of carbonyl (C=O) groups is 1. The second-order valence-corrected chi connectivity index (χ2v) is 9.99. The van der Waals surface area contributed by atoms with Gasteiger partial charge in [0.15, 0.2) is 5.57 Å². The Bertz CT molecular complexity index is 1450. The predicted molar refractivity (Wildman–Crippen MR) is 166 cm³/mol. The van der Waals surface area contributed by atoms with Crippen LogP contribution in [0, 0.1) is 34.0 Å². The van der Waals surface area contributed by atoms with E-state index in [0.29, 0.717) is 18.7 Å². The first kappa shape index (κ1) is 31.5. The normalized spacial score (nSPS) is 13.1. The number of hydrogen-bond acceptors (Lipinski definition) is 7. The van der Waals surface area contributed by atoms with Crippen LogP contribution in [0.4, 0.5) is 17.1 Å². The highest BCUT2D eigenvalue weighted by atomic mass is 16.2. The summed E-state index contributed by atoms with van der Waals surface area (Å²) in [5.74, 6) is -0.385. The molecule has 214 valence electrons. The lowest BCUT2D eigenvalue weighted by atomic mass is 10.1. The van der Waals surface area contributed by atoms with Crippen LogP contribution in [0.15, 0.2) is 87.3 Å². The van der Waals surface area contributed by atoms with Crippen molar-refractivity contribution in [1.82, 2.24) is 4.90 Å². The molecule has 1 aliphatic rings. The molecule has 0 saturated heterocycles. The molecule has 8 nitrogen and oxygen atoms in total. The van der Waals surface area contributed by atoms with Gasteiger partial charge in [0.05, 0.1) is 28.2 Å². The van der Waals surface area contributed by atoms with E-state index in [1.807, 2.05) is 61.5 Å². The van der Waals surface area contributed by atoms with Crippen LogP contribution in [0.2, 0.25) is 0 Å². The molecule has 0 aliphatic carbocycles. The Kier molecular flexibility index (Phi) is 12.2. The van der Waals surface area contributed by atoms with Gasteiger partial charge in [0, 0.05) is 25.3 Å². The number of hydrogen-bond donors (Lipinski definition) is 0. The van der Waals surface area contributed by atoms with Crippen molar-refractivity contribution < 1.29 is 4.79 Å². The van der Waals surface area contributed by atoms with E-state index in [1.54, 1.807) is 12.2 Å². The lowest BCUT2D eigenvalue weighted by molar-refractivity contribution is -0.124. The van der Waals surface area contributed by atoms with Gasteiger partial charge in [0.2, 0.25) is 0 Å². The molecular weight excluding hydrogens is 522 g/mol. The van der Waals surface area contributed by atoms with Gasteiger partial charge in [0.25, 0.3) is 5.91 Å². The fourth-order valence-corrected chi connectivity index (χ4v) is 4.55. The summed E-state index contributed by atoms with van der Waals surface area (Å²) in [6, 6.07) is 21.2. The number of rotatable bonds is 14. The highest BCUT2D eigenvalue weighted by molar-refractivity contribution is 6.05. The minimum Gasteiger partial charge on any atom is -0.372 e. The van der Waals surface area contributed by atoms with Gasteiger partial charge in [-0.3, -0.25) is 4.79 Å². The SMILES string of the molecule is CCCCN1C(=O)C(/C=C/c2ccc(/N=N/c3ccc(N(CCCC)CCCC)cc3)cc2)=C(C#N)C1=C(C#N)C#N. The number of carbonyl (C=O) groups excluding carboxylic acids is 1. The van der Waals surface area contributed by atoms with Crippen LogP contribution in [-0.4, -0.2) is 30.4 Å². The Morgan fingerprint density at radius 1 is 0.810 bits per heavy atom. The number of nitriles is 3. The Balaban J connectivity index is 1.75. The Morgan fingerprint density at radius 2 is 1.36 bits per heavy atom. The highest BCUT2D eigenvalue weighted by Gasteiger charge is 2.36. The number of nitrogens with zero attached hydrogens (tertiary/aromatic N) is 7. The molecule has 1 amide bonds. The van der Waals surface area contributed by atoms with Crippen LogP contribution >= 0.6 is 0 Å². The summed E-state index contributed by atoms with van der Waals surface area (Å²) >= 11 is 0. The van der Waals surface area contributed by atoms with Gasteiger partial charge in [-0.15, -0.1) is 0 Å². The van der Waals surface area contributed by atoms with E-state index >= 15 is 0 Å². The molecule has 3 rings (SSSR count). The summed E-state index contributed by atoms with van der Waals surface area (Å²) < 4.78 is 0. The van der Waals surface area contributed by atoms with Gasteiger partial charge in [-0.1, -0.05) is 58.2 Å². The van der Waals surface area contributed by atoms with Crippen LogP contribution in [0.3, 0.4) is 0 Å². The Hall–Kier alpha value is -5.00. The van der Waals surface area contributed by atoms with Crippen LogP contribution < -0.4 is 4.90 Å². The quantitative estimate of drug-likeness (QED) is 0.170. The largest absolute Gasteiger partial charge is 0.372 e. The maximum Gasteiger partial charge on any atom is 0.259 e. The summed E-state index contributed by atoms with van der Waals surface area (Å²) in [6.07, 6.45) is 9.48. The van der Waals surface area contributed by atoms with E-state index in [1.165, 1.54) is 36.3 Å². The second-order valence-electron chi connectivity index (χ2n) is 9.99. The number of benzene rings is 2. The molecule has 1 heterocycles. The first-order valence-corrected chi connectivity index (χ1v) is 14.6. The van der Waals surface area contributed by atoms with Crippen LogP contribution in [-0.2, 0) is 4.79 Å². The number of allylic oxidation sites excluding steroid dienone is 2. The third-order valence-corrected chi connectivity index (χ3v) is 6.95. The zero-order valence-electron chi connectivity index (χ0n) is 24.7. The summed E-state index contributed by atoms with van der Waals surface area (Å²) in [6.45, 7) is 8.84. The van der Waals surface area contributed by atoms with Gasteiger partial charge in [-0.25, -0.2) is 0 Å². The molecule has 0 radical (unpaired) electrons. The monoisotopic (exact) mass is 559 g/mol. The molecule has 2 aromatic carbocycles. The number of amides is 1. The summed E-state index contributed by atoms with van der Waals surface area (Å²) in [7, 11) is 0. The molecule has 0 N–H and O–H groups in total. The van der Waals surface area contributed by atoms with Crippen LogP contribution in [0.5, 0.6) is 0 Å². The molecule has 0 unspecified atom stereocenters. The maximum absolute atomic E-state index is 13.2. The lowest BCUT2D eigenvalue weighted by Gasteiger charge is -2.24. The third kappa shape index (κ3) is 8.03. The number of unbranched alkanes of at least 4 members (excludes halogenated alkanes) is 3. The molecule has 8 heteroatoms. The van der Waals surface area contributed by atoms with Crippen LogP contribution in [0.1, 0.15) is 64.9 Å². The molecule has 0 saturated carbocycles. The second kappa shape index (κ2) is 16.3. The molecule has 0 fully saturated rings. The summed E-state index contributed by atoms with van der Waals surface area (Å²) in [5.41, 5.74) is 3.52. The summed E-state index contributed by atoms with van der Waals surface area (Å²) in [5, 5.41) is 37.4. The first-order chi connectivity index (χ1) is 20.5. The van der Waals surface area contributed by atoms with Crippen molar-refractivity contribution in [3.05, 3.63) is 82.6 Å². The molecule has 0 bridgehead atoms. The topological polar surface area (TPSA) is 120 Å². The van der Waals surface area contributed by atoms with E-state index in [2.05, 4.69) is 41.1 Å². The molecule has 0 aromatic heterocycles. The summed E-state index contributed by atoms with van der Waals surface area (Å²) in [4.78, 5) is 17.0. The third-order valence-electron chi connectivity index (χ3n) is 6.95. The van der Waals surface area contributed by atoms with Crippen molar-refractivity contribution in [2.75, 3.05) is 24.5 Å². The van der Waals surface area contributed by atoms with Gasteiger partial charge in [-0.05, 0) is 67.3 Å². The van der Waals surface area contributed by atoms with E-state index in [4.69, 9.17) is 0 Å². The van der Waals surface area contributed by atoms with Gasteiger partial charge >= 0.3 is 0 Å². The van der Waals surface area contributed by atoms with Crippen molar-refractivity contribution in [2.45, 2.75) is 59.3 Å². The van der Waals surface area contributed by atoms with Gasteiger partial charge in [-0.2, -0.15) is 26.0 Å². The van der Waals surface area contributed by atoms with Gasteiger partial charge in [0.1, 0.15) is 18.2 Å². The average Bonchev–Trinajstić information content (AvgIpc) is 3.29. The molecular formula is C34H37N7O. The van der Waals surface area contributed by atoms with Crippen LogP contribution in [0.25, 0.3) is 6.08 Å². The predicted octanol–water partition coefficient (Wildman–Crippen LogP) is 8.29. The zero-order chi connectivity index (χ0) is 30.3. The highest BCUT2D eigenvalue weighted by Crippen LogP contribution is 2.33. The van der Waals surface area contributed by atoms with Crippen molar-refractivity contribution >= 4 is 29.0 Å². The standard InChI is InChI=1S/C34H37N7O/c1-4-7-20-40(21-8-5-2)30-17-15-29(16-18-30)39-38-28-13-10-26(11-14-28)12-19-31-32(25-37)33(27(23-35)24-36)41(34(31)42)22-9-6-3/h10-19H,4-9,20-22H2,1-3H3/b19-12+,39-38+. The molecule has 42 heavy (non-hydrogen) atoms.